The zero-order chi connectivity index (χ0) is 14.6. The van der Waals surface area contributed by atoms with Gasteiger partial charge in [-0.15, -0.1) is 0 Å². The summed E-state index contributed by atoms with van der Waals surface area (Å²) in [6.07, 6.45) is 3.49. The van der Waals surface area contributed by atoms with E-state index >= 15 is 0 Å². The molecule has 2 aromatic heterocycles. The van der Waals surface area contributed by atoms with Crippen molar-refractivity contribution in [1.82, 2.24) is 19.8 Å². The zero-order valence-electron chi connectivity index (χ0n) is 11.7. The van der Waals surface area contributed by atoms with Gasteiger partial charge in [0, 0.05) is 32.4 Å². The molecule has 1 N–H and O–H groups in total. The molecule has 1 saturated heterocycles. The number of hydrogen-bond donors (Lipinski definition) is 1. The predicted octanol–water partition coefficient (Wildman–Crippen LogP) is 0.359. The number of aromatic nitrogens is 3. The van der Waals surface area contributed by atoms with E-state index in [0.29, 0.717) is 18.8 Å². The largest absolute Gasteiger partial charge is 0.383 e. The number of nitrogens with zero attached hydrogens (tertiary/aromatic N) is 3. The first-order chi connectivity index (χ1) is 10.1. The fourth-order valence-electron chi connectivity index (χ4n) is 3.17. The van der Waals surface area contributed by atoms with Crippen LogP contribution in [0.3, 0.4) is 0 Å². The maximum atomic E-state index is 12.7. The normalized spacial score (nSPS) is 20.3. The Balaban J connectivity index is 1.48. The average Bonchev–Trinajstić information content (AvgIpc) is 2.92. The van der Waals surface area contributed by atoms with E-state index in [-0.39, 0.29) is 22.8 Å². The number of hydrogen-bond acceptors (Lipinski definition) is 4. The van der Waals surface area contributed by atoms with Crippen LogP contribution in [0, 0.1) is 0 Å². The van der Waals surface area contributed by atoms with E-state index < -0.39 is 0 Å². The number of likely N-dealkylation sites (tertiary alicyclic amines) is 1. The van der Waals surface area contributed by atoms with E-state index in [2.05, 4.69) is 10.3 Å². The van der Waals surface area contributed by atoms with Crippen molar-refractivity contribution >= 4 is 5.91 Å². The van der Waals surface area contributed by atoms with Gasteiger partial charge in [-0.05, 0) is 18.9 Å². The van der Waals surface area contributed by atoms with Crippen molar-refractivity contribution < 1.29 is 9.32 Å². The highest BCUT2D eigenvalue weighted by Crippen LogP contribution is 2.50. The quantitative estimate of drug-likeness (QED) is 0.883. The summed E-state index contributed by atoms with van der Waals surface area (Å²) in [5.41, 5.74) is 0.377. The Hall–Kier alpha value is -2.31. The van der Waals surface area contributed by atoms with Gasteiger partial charge in [0.1, 0.15) is 5.76 Å². The highest BCUT2D eigenvalue weighted by Gasteiger charge is 2.56. The number of nitrogens with one attached hydrogen (secondary N) is 1. The van der Waals surface area contributed by atoms with Crippen LogP contribution >= 0.6 is 0 Å². The van der Waals surface area contributed by atoms with E-state index in [1.54, 1.807) is 10.9 Å². The van der Waals surface area contributed by atoms with Crippen LogP contribution in [0.1, 0.15) is 30.2 Å². The molecular weight excluding hydrogens is 272 g/mol. The molecule has 2 fully saturated rings. The summed E-state index contributed by atoms with van der Waals surface area (Å²) in [6.45, 7) is 1.22. The van der Waals surface area contributed by atoms with E-state index in [0.717, 1.165) is 18.5 Å². The second kappa shape index (κ2) is 4.09. The lowest BCUT2D eigenvalue weighted by Crippen LogP contribution is -2.52. The molecule has 1 aliphatic heterocycles. The SMILES string of the molecule is Cn1nccc1C1(C(=O)N2CC(c3cc(=O)[nH]o3)C2)CC1. The van der Waals surface area contributed by atoms with Crippen LogP contribution in [0.5, 0.6) is 0 Å². The molecule has 21 heavy (non-hydrogen) atoms. The van der Waals surface area contributed by atoms with Crippen molar-refractivity contribution in [2.45, 2.75) is 24.2 Å². The first-order valence-corrected chi connectivity index (χ1v) is 7.06. The molecule has 3 heterocycles. The minimum atomic E-state index is -0.380. The molecule has 7 heteroatoms. The molecule has 0 atom stereocenters. The Kier molecular flexibility index (Phi) is 2.42. The topological polar surface area (TPSA) is 84.1 Å². The molecule has 1 aliphatic carbocycles. The predicted molar refractivity (Wildman–Crippen MR) is 72.8 cm³/mol. The second-order valence-electron chi connectivity index (χ2n) is 5.94. The van der Waals surface area contributed by atoms with Gasteiger partial charge in [-0.3, -0.25) is 14.3 Å². The van der Waals surface area contributed by atoms with Crippen LogP contribution < -0.4 is 5.56 Å². The van der Waals surface area contributed by atoms with Crippen molar-refractivity contribution in [2.75, 3.05) is 13.1 Å². The molecule has 0 spiro atoms. The van der Waals surface area contributed by atoms with E-state index in [1.807, 2.05) is 18.0 Å². The molecule has 1 saturated carbocycles. The van der Waals surface area contributed by atoms with Gasteiger partial charge >= 0.3 is 0 Å². The lowest BCUT2D eigenvalue weighted by Gasteiger charge is -2.40. The highest BCUT2D eigenvalue weighted by atomic mass is 16.5. The Bertz CT molecular complexity index is 746. The van der Waals surface area contributed by atoms with Crippen molar-refractivity contribution in [3.8, 4) is 0 Å². The Morgan fingerprint density at radius 3 is 2.76 bits per heavy atom. The highest BCUT2D eigenvalue weighted by molar-refractivity contribution is 5.91. The van der Waals surface area contributed by atoms with Gasteiger partial charge in [0.2, 0.25) is 5.91 Å². The second-order valence-corrected chi connectivity index (χ2v) is 5.94. The summed E-state index contributed by atoms with van der Waals surface area (Å²) < 4.78 is 6.88. The first kappa shape index (κ1) is 12.4. The smallest absolute Gasteiger partial charge is 0.280 e. The molecule has 4 rings (SSSR count). The first-order valence-electron chi connectivity index (χ1n) is 7.06. The van der Waals surface area contributed by atoms with Crippen molar-refractivity contribution in [3.05, 3.63) is 40.1 Å². The van der Waals surface area contributed by atoms with Crippen LogP contribution in [0.2, 0.25) is 0 Å². The molecule has 0 aromatic carbocycles. The molecule has 0 bridgehead atoms. The van der Waals surface area contributed by atoms with Gasteiger partial charge in [0.25, 0.3) is 5.56 Å². The number of aryl methyl sites for hydroxylation is 1. The summed E-state index contributed by atoms with van der Waals surface area (Å²) >= 11 is 0. The molecule has 2 aliphatic rings. The van der Waals surface area contributed by atoms with E-state index in [1.165, 1.54) is 6.07 Å². The Morgan fingerprint density at radius 1 is 1.48 bits per heavy atom. The van der Waals surface area contributed by atoms with Gasteiger partial charge in [-0.2, -0.15) is 10.3 Å². The molecule has 2 aromatic rings. The standard InChI is InChI=1S/C14H16N4O3/c1-17-11(2-5-15-17)14(3-4-14)13(20)18-7-9(8-18)10-6-12(19)16-21-10/h2,5-6,9H,3-4,7-8H2,1H3,(H,16,19). The molecule has 110 valence electrons. The lowest BCUT2D eigenvalue weighted by molar-refractivity contribution is -0.139. The molecule has 7 nitrogen and oxygen atoms in total. The summed E-state index contributed by atoms with van der Waals surface area (Å²) in [5.74, 6) is 0.921. The summed E-state index contributed by atoms with van der Waals surface area (Å²) in [6, 6.07) is 3.38. The number of aromatic amines is 1. The molecular formula is C14H16N4O3. The third kappa shape index (κ3) is 1.76. The van der Waals surface area contributed by atoms with Crippen LogP contribution in [0.15, 0.2) is 27.6 Å². The van der Waals surface area contributed by atoms with Gasteiger partial charge in [0.05, 0.1) is 17.0 Å². The minimum Gasteiger partial charge on any atom is -0.383 e. The van der Waals surface area contributed by atoms with Gasteiger partial charge in [0.15, 0.2) is 0 Å². The Labute approximate surface area is 120 Å². The zero-order valence-corrected chi connectivity index (χ0v) is 11.7. The number of carbonyl (C=O) groups is 1. The monoisotopic (exact) mass is 288 g/mol. The fraction of sp³-hybridized carbons (Fsp3) is 0.500. The lowest BCUT2D eigenvalue weighted by atomic mass is 9.92. The number of rotatable bonds is 3. The van der Waals surface area contributed by atoms with Crippen molar-refractivity contribution in [3.63, 3.8) is 0 Å². The van der Waals surface area contributed by atoms with Crippen LogP contribution in [-0.4, -0.2) is 38.8 Å². The van der Waals surface area contributed by atoms with E-state index in [9.17, 15) is 9.59 Å². The van der Waals surface area contributed by atoms with Gasteiger partial charge in [-0.25, -0.2) is 0 Å². The van der Waals surface area contributed by atoms with Crippen LogP contribution in [-0.2, 0) is 17.3 Å². The molecule has 0 unspecified atom stereocenters. The van der Waals surface area contributed by atoms with Gasteiger partial charge in [-0.1, -0.05) is 0 Å². The number of carbonyl (C=O) groups excluding carboxylic acids is 1. The molecule has 1 amide bonds. The Morgan fingerprint density at radius 2 is 2.24 bits per heavy atom. The minimum absolute atomic E-state index is 0.121. The maximum absolute atomic E-state index is 12.7. The average molecular weight is 288 g/mol. The van der Waals surface area contributed by atoms with Crippen LogP contribution in [0.25, 0.3) is 0 Å². The van der Waals surface area contributed by atoms with Crippen molar-refractivity contribution in [1.29, 1.82) is 0 Å². The van der Waals surface area contributed by atoms with Crippen LogP contribution in [0.4, 0.5) is 0 Å². The van der Waals surface area contributed by atoms with Crippen molar-refractivity contribution in [2.24, 2.45) is 7.05 Å². The summed E-state index contributed by atoms with van der Waals surface area (Å²) in [7, 11) is 1.87. The third-order valence-corrected chi connectivity index (χ3v) is 4.58. The number of H-pyrrole nitrogens is 1. The maximum Gasteiger partial charge on any atom is 0.280 e. The van der Waals surface area contributed by atoms with Gasteiger partial charge < -0.3 is 9.42 Å². The fourth-order valence-corrected chi connectivity index (χ4v) is 3.17. The summed E-state index contributed by atoms with van der Waals surface area (Å²) in [5, 5.41) is 6.45. The van der Waals surface area contributed by atoms with E-state index in [4.69, 9.17) is 4.52 Å². The summed E-state index contributed by atoms with van der Waals surface area (Å²) in [4.78, 5) is 25.6. The number of amides is 1. The molecule has 0 radical (unpaired) electrons. The third-order valence-electron chi connectivity index (χ3n) is 4.58.